The molecule has 0 spiro atoms. The van der Waals surface area contributed by atoms with Crippen LogP contribution in [0.15, 0.2) is 72.8 Å². The number of fused-ring (bicyclic) bond motifs is 4. The average Bonchev–Trinajstić information content (AvgIpc) is 3.44. The van der Waals surface area contributed by atoms with Gasteiger partial charge in [0, 0.05) is 22.5 Å². The van der Waals surface area contributed by atoms with Crippen LogP contribution in [0.25, 0.3) is 0 Å². The van der Waals surface area contributed by atoms with Crippen LogP contribution in [-0.4, -0.2) is 6.71 Å². The highest BCUT2D eigenvalue weighted by molar-refractivity contribution is 6.99. The molecule has 10 rings (SSSR count). The molecule has 258 valence electrons. The summed E-state index contributed by atoms with van der Waals surface area (Å²) in [5.74, 6) is 2.70. The maximum Gasteiger partial charge on any atom is 0.247 e. The maximum absolute atomic E-state index is 2.76. The van der Waals surface area contributed by atoms with Crippen LogP contribution in [0.4, 0.5) is 17.1 Å². The van der Waals surface area contributed by atoms with E-state index in [1.165, 1.54) is 82.3 Å². The van der Waals surface area contributed by atoms with Crippen molar-refractivity contribution < 1.29 is 0 Å². The fraction of sp³-hybridized carbons (Fsp3) is 0.500. The van der Waals surface area contributed by atoms with E-state index in [-0.39, 0.29) is 28.4 Å². The highest BCUT2D eigenvalue weighted by Crippen LogP contribution is 2.66. The maximum atomic E-state index is 2.76. The summed E-state index contributed by atoms with van der Waals surface area (Å²) in [6.45, 7) is 26.4. The number of rotatable bonds is 2. The van der Waals surface area contributed by atoms with Crippen molar-refractivity contribution in [2.75, 3.05) is 4.90 Å². The van der Waals surface area contributed by atoms with E-state index < -0.39 is 0 Å². The SMILES string of the molecule is CC(C)(C)c1ccc(N2c3ccc(C(C)(C)C)cc3B3c4cc(C(C)(C)C)ccc4C(C)(C)c4cc(C56CC7CC(CC5C7)C6)cc2c43)cc1. The molecule has 4 saturated carbocycles. The summed E-state index contributed by atoms with van der Waals surface area (Å²) in [6, 6.07) is 30.1. The molecule has 0 radical (unpaired) electrons. The predicted molar refractivity (Wildman–Crippen MR) is 216 cm³/mol. The molecule has 4 aromatic carbocycles. The van der Waals surface area contributed by atoms with Crippen LogP contribution < -0.4 is 21.3 Å². The molecule has 2 heteroatoms. The van der Waals surface area contributed by atoms with E-state index in [1.807, 2.05) is 0 Å². The quantitative estimate of drug-likeness (QED) is 0.171. The van der Waals surface area contributed by atoms with E-state index in [1.54, 1.807) is 16.6 Å². The Morgan fingerprint density at radius 2 is 1.14 bits per heavy atom. The number of anilines is 3. The zero-order valence-corrected chi connectivity index (χ0v) is 32.7. The second-order valence-electron chi connectivity index (χ2n) is 20.9. The summed E-state index contributed by atoms with van der Waals surface area (Å²) in [7, 11) is 0. The van der Waals surface area contributed by atoms with E-state index in [4.69, 9.17) is 0 Å². The van der Waals surface area contributed by atoms with Gasteiger partial charge in [-0.2, -0.15) is 0 Å². The Labute approximate surface area is 303 Å². The Morgan fingerprint density at radius 3 is 1.74 bits per heavy atom. The fourth-order valence-corrected chi connectivity index (χ4v) is 11.6. The molecule has 0 N–H and O–H groups in total. The Balaban J connectivity index is 1.37. The van der Waals surface area contributed by atoms with Crippen molar-refractivity contribution >= 4 is 40.2 Å². The molecule has 2 unspecified atom stereocenters. The van der Waals surface area contributed by atoms with Crippen LogP contribution in [0, 0.1) is 17.8 Å². The topological polar surface area (TPSA) is 3.24 Å². The minimum absolute atomic E-state index is 0.0607. The first-order valence-electron chi connectivity index (χ1n) is 19.8. The zero-order chi connectivity index (χ0) is 35.3. The molecule has 2 atom stereocenters. The minimum Gasteiger partial charge on any atom is -0.312 e. The van der Waals surface area contributed by atoms with Crippen molar-refractivity contribution in [2.45, 2.75) is 135 Å². The molecule has 4 aromatic rings. The lowest BCUT2D eigenvalue weighted by molar-refractivity contribution is 0.266. The lowest BCUT2D eigenvalue weighted by Gasteiger charge is -2.47. The van der Waals surface area contributed by atoms with Gasteiger partial charge in [-0.05, 0) is 140 Å². The molecule has 6 aliphatic rings. The summed E-state index contributed by atoms with van der Waals surface area (Å²) in [5, 5.41) is 0. The first kappa shape index (κ1) is 32.6. The molecule has 4 fully saturated rings. The molecule has 2 heterocycles. The van der Waals surface area contributed by atoms with Crippen LogP contribution in [-0.2, 0) is 27.1 Å². The number of hydrogen-bond acceptors (Lipinski definition) is 1. The van der Waals surface area contributed by atoms with Gasteiger partial charge in [0.15, 0.2) is 0 Å². The van der Waals surface area contributed by atoms with Crippen molar-refractivity contribution in [3.63, 3.8) is 0 Å². The van der Waals surface area contributed by atoms with Gasteiger partial charge >= 0.3 is 0 Å². The van der Waals surface area contributed by atoms with E-state index in [9.17, 15) is 0 Å². The number of hydrogen-bond donors (Lipinski definition) is 0. The largest absolute Gasteiger partial charge is 0.312 e. The molecule has 0 aromatic heterocycles. The summed E-state index contributed by atoms with van der Waals surface area (Å²) >= 11 is 0. The third-order valence-electron chi connectivity index (χ3n) is 14.3. The summed E-state index contributed by atoms with van der Waals surface area (Å²) in [5.41, 5.74) is 18.0. The Bertz CT molecular complexity index is 2030. The van der Waals surface area contributed by atoms with E-state index >= 15 is 0 Å². The first-order valence-corrected chi connectivity index (χ1v) is 19.8. The van der Waals surface area contributed by atoms with Crippen molar-refractivity contribution in [1.82, 2.24) is 0 Å². The van der Waals surface area contributed by atoms with Crippen LogP contribution >= 0.6 is 0 Å². The highest BCUT2D eigenvalue weighted by Gasteiger charge is 2.59. The molecule has 4 bridgehead atoms. The smallest absolute Gasteiger partial charge is 0.247 e. The normalized spacial score (nSPS) is 25.9. The van der Waals surface area contributed by atoms with Gasteiger partial charge in [0.25, 0.3) is 0 Å². The van der Waals surface area contributed by atoms with Gasteiger partial charge in [-0.15, -0.1) is 0 Å². The van der Waals surface area contributed by atoms with E-state index in [0.717, 1.165) is 17.8 Å². The van der Waals surface area contributed by atoms with Gasteiger partial charge in [0.1, 0.15) is 0 Å². The molecule has 0 saturated heterocycles. The Hall–Kier alpha value is -3.26. The van der Waals surface area contributed by atoms with Crippen molar-refractivity contribution in [3.05, 3.63) is 106 Å². The zero-order valence-electron chi connectivity index (χ0n) is 32.7. The van der Waals surface area contributed by atoms with Gasteiger partial charge in [-0.25, -0.2) is 0 Å². The molecular weight excluding hydrogens is 601 g/mol. The van der Waals surface area contributed by atoms with E-state index in [2.05, 4.69) is 154 Å². The lowest BCUT2D eigenvalue weighted by Crippen LogP contribution is -2.64. The standard InChI is InChI=1S/C48H58BN/c1-44(2,3)31-12-16-36(17-13-31)50-41-19-15-33(46(7,8)9)25-40(41)49-39-24-32(45(4,5)6)14-18-37(39)47(10,11)38-23-35(26-42(50)43(38)49)48-27-29-20-30(28-48)22-34(48)21-29/h12-19,23-26,29-30,34H,20-22,27-28H2,1-11H3. The Morgan fingerprint density at radius 1 is 0.580 bits per heavy atom. The minimum atomic E-state index is -0.102. The second kappa shape index (κ2) is 10.2. The molecular formula is C48H58BN. The van der Waals surface area contributed by atoms with Gasteiger partial charge in [0.05, 0.1) is 0 Å². The van der Waals surface area contributed by atoms with Gasteiger partial charge in [0.2, 0.25) is 6.71 Å². The van der Waals surface area contributed by atoms with Crippen molar-refractivity contribution in [2.24, 2.45) is 17.8 Å². The highest BCUT2D eigenvalue weighted by atomic mass is 15.2. The fourth-order valence-electron chi connectivity index (χ4n) is 11.6. The van der Waals surface area contributed by atoms with E-state index in [0.29, 0.717) is 5.41 Å². The van der Waals surface area contributed by atoms with Crippen molar-refractivity contribution in [1.29, 1.82) is 0 Å². The molecule has 50 heavy (non-hydrogen) atoms. The second-order valence-corrected chi connectivity index (χ2v) is 20.9. The van der Waals surface area contributed by atoms with Crippen LogP contribution in [0.3, 0.4) is 0 Å². The summed E-state index contributed by atoms with van der Waals surface area (Å²) in [4.78, 5) is 2.68. The summed E-state index contributed by atoms with van der Waals surface area (Å²) < 4.78 is 0. The van der Waals surface area contributed by atoms with Crippen LogP contribution in [0.1, 0.15) is 142 Å². The predicted octanol–water partition coefficient (Wildman–Crippen LogP) is 10.6. The Kier molecular flexibility index (Phi) is 6.66. The number of nitrogens with zero attached hydrogens (tertiary/aromatic N) is 1. The molecule has 1 nitrogen and oxygen atoms in total. The van der Waals surface area contributed by atoms with Gasteiger partial charge in [-0.1, -0.05) is 130 Å². The molecule has 4 aliphatic carbocycles. The number of benzene rings is 4. The van der Waals surface area contributed by atoms with Crippen LogP contribution in [0.5, 0.6) is 0 Å². The monoisotopic (exact) mass is 659 g/mol. The average molecular weight is 660 g/mol. The summed E-state index contributed by atoms with van der Waals surface area (Å²) in [6.07, 6.45) is 7.16. The van der Waals surface area contributed by atoms with Gasteiger partial charge in [-0.3, -0.25) is 0 Å². The third-order valence-corrected chi connectivity index (χ3v) is 14.3. The third kappa shape index (κ3) is 4.58. The molecule has 2 aliphatic heterocycles. The van der Waals surface area contributed by atoms with Crippen molar-refractivity contribution in [3.8, 4) is 0 Å². The lowest BCUT2D eigenvalue weighted by atomic mass is 9.29. The van der Waals surface area contributed by atoms with Crippen LogP contribution in [0.2, 0.25) is 0 Å². The van der Waals surface area contributed by atoms with Gasteiger partial charge < -0.3 is 4.90 Å². The molecule has 0 amide bonds. The first-order chi connectivity index (χ1) is 23.4.